The second-order valence-corrected chi connectivity index (χ2v) is 12.4. The van der Waals surface area contributed by atoms with Crippen LogP contribution >= 0.6 is 11.3 Å². The molecule has 9 nitrogen and oxygen atoms in total. The molecule has 0 unspecified atom stereocenters. The van der Waals surface area contributed by atoms with Gasteiger partial charge in [0.25, 0.3) is 5.91 Å². The monoisotopic (exact) mass is 527 g/mol. The van der Waals surface area contributed by atoms with Crippen molar-refractivity contribution in [2.45, 2.75) is 84.6 Å². The third-order valence-corrected chi connectivity index (χ3v) is 8.50. The number of piperidine rings is 1. The maximum absolute atomic E-state index is 13.7. The largest absolute Gasteiger partial charge is 0.444 e. The smallest absolute Gasteiger partial charge is 0.413 e. The van der Waals surface area contributed by atoms with E-state index in [0.717, 1.165) is 59.1 Å². The Morgan fingerprint density at radius 1 is 1.19 bits per heavy atom. The van der Waals surface area contributed by atoms with Crippen molar-refractivity contribution in [1.29, 1.82) is 0 Å². The van der Waals surface area contributed by atoms with Gasteiger partial charge in [-0.1, -0.05) is 11.3 Å². The number of carbonyl (C=O) groups is 2. The molecular weight excluding hydrogens is 490 g/mol. The number of thiazole rings is 1. The predicted molar refractivity (Wildman–Crippen MR) is 144 cm³/mol. The molecular formula is C27H37N5O4S. The maximum atomic E-state index is 13.7. The molecule has 1 N–H and O–H groups in total. The van der Waals surface area contributed by atoms with Crippen molar-refractivity contribution in [3.05, 3.63) is 22.9 Å². The van der Waals surface area contributed by atoms with Gasteiger partial charge in [0.05, 0.1) is 27.9 Å². The summed E-state index contributed by atoms with van der Waals surface area (Å²) in [5.41, 5.74) is 2.72. The van der Waals surface area contributed by atoms with E-state index in [-0.39, 0.29) is 18.1 Å². The van der Waals surface area contributed by atoms with Crippen LogP contribution in [0, 0.1) is 12.8 Å². The maximum Gasteiger partial charge on any atom is 0.413 e. The Balaban J connectivity index is 1.48. The molecule has 1 aliphatic carbocycles. The van der Waals surface area contributed by atoms with Gasteiger partial charge in [-0.25, -0.2) is 14.8 Å². The zero-order valence-corrected chi connectivity index (χ0v) is 23.4. The number of ether oxygens (including phenoxy) is 2. The van der Waals surface area contributed by atoms with Crippen molar-refractivity contribution < 1.29 is 19.1 Å². The fourth-order valence-electron chi connectivity index (χ4n) is 5.23. The summed E-state index contributed by atoms with van der Waals surface area (Å²) in [5, 5.41) is 3.22. The van der Waals surface area contributed by atoms with E-state index in [1.54, 1.807) is 7.11 Å². The number of carbonyl (C=O) groups excluding carboxylic acids is 2. The molecule has 200 valence electrons. The first-order chi connectivity index (χ1) is 17.5. The number of aromatic nitrogens is 2. The number of amides is 2. The summed E-state index contributed by atoms with van der Waals surface area (Å²) in [7, 11) is 1.76. The van der Waals surface area contributed by atoms with E-state index in [2.05, 4.69) is 22.1 Å². The SMILES string of the molecule is COC1CCN(c2nc(-c3sc(NC(=O)OC(C)(C)C)nc3C)cc3c2C(=O)N([C@@H](C)C2CC2)C3)CC1. The first kappa shape index (κ1) is 25.9. The van der Waals surface area contributed by atoms with Crippen LogP contribution in [0.25, 0.3) is 10.6 Å². The molecule has 1 atom stereocenters. The number of hydrogen-bond donors (Lipinski definition) is 1. The van der Waals surface area contributed by atoms with Crippen molar-refractivity contribution in [2.75, 3.05) is 30.4 Å². The number of aryl methyl sites for hydroxylation is 1. The van der Waals surface area contributed by atoms with Gasteiger partial charge in [-0.15, -0.1) is 0 Å². The fourth-order valence-corrected chi connectivity index (χ4v) is 6.14. The topological polar surface area (TPSA) is 96.9 Å². The van der Waals surface area contributed by atoms with Crippen LogP contribution in [0.5, 0.6) is 0 Å². The van der Waals surface area contributed by atoms with Crippen molar-refractivity contribution in [1.82, 2.24) is 14.9 Å². The lowest BCUT2D eigenvalue weighted by Crippen LogP contribution is -2.39. The van der Waals surface area contributed by atoms with Crippen LogP contribution in [0.2, 0.25) is 0 Å². The molecule has 2 aliphatic heterocycles. The molecule has 5 rings (SSSR count). The van der Waals surface area contributed by atoms with E-state index in [1.807, 2.05) is 38.7 Å². The van der Waals surface area contributed by atoms with Crippen LogP contribution in [-0.2, 0) is 16.0 Å². The highest BCUT2D eigenvalue weighted by Crippen LogP contribution is 2.42. The third-order valence-electron chi connectivity index (χ3n) is 7.41. The second kappa shape index (κ2) is 9.87. The lowest BCUT2D eigenvalue weighted by molar-refractivity contribution is 0.0634. The van der Waals surface area contributed by atoms with E-state index < -0.39 is 11.7 Å². The van der Waals surface area contributed by atoms with E-state index in [0.29, 0.717) is 17.6 Å². The number of rotatable bonds is 6. The average Bonchev–Trinajstić information content (AvgIpc) is 3.55. The molecule has 2 aromatic heterocycles. The van der Waals surface area contributed by atoms with Gasteiger partial charge in [0, 0.05) is 32.8 Å². The molecule has 0 radical (unpaired) electrons. The molecule has 1 saturated carbocycles. The van der Waals surface area contributed by atoms with Crippen LogP contribution in [0.1, 0.15) is 75.0 Å². The molecule has 1 saturated heterocycles. The van der Waals surface area contributed by atoms with Crippen molar-refractivity contribution >= 4 is 34.3 Å². The van der Waals surface area contributed by atoms with Crippen molar-refractivity contribution in [3.63, 3.8) is 0 Å². The summed E-state index contributed by atoms with van der Waals surface area (Å²) in [5.74, 6) is 1.44. The summed E-state index contributed by atoms with van der Waals surface area (Å²) < 4.78 is 11.0. The van der Waals surface area contributed by atoms with Gasteiger partial charge in [-0.2, -0.15) is 0 Å². The first-order valence-corrected chi connectivity index (χ1v) is 14.0. The second-order valence-electron chi connectivity index (χ2n) is 11.4. The van der Waals surface area contributed by atoms with Crippen molar-refractivity contribution in [2.24, 2.45) is 5.92 Å². The predicted octanol–water partition coefficient (Wildman–Crippen LogP) is 5.23. The van der Waals surface area contributed by atoms with E-state index in [1.165, 1.54) is 24.2 Å². The number of methoxy groups -OCH3 is 1. The molecule has 2 aromatic rings. The molecule has 0 aromatic carbocycles. The van der Waals surface area contributed by atoms with E-state index in [9.17, 15) is 9.59 Å². The van der Waals surface area contributed by atoms with Gasteiger partial charge >= 0.3 is 6.09 Å². The van der Waals surface area contributed by atoms with Gasteiger partial charge < -0.3 is 19.3 Å². The minimum absolute atomic E-state index is 0.0885. The zero-order valence-electron chi connectivity index (χ0n) is 22.6. The van der Waals surface area contributed by atoms with Gasteiger partial charge in [-0.3, -0.25) is 10.1 Å². The number of nitrogens with one attached hydrogen (secondary N) is 1. The summed E-state index contributed by atoms with van der Waals surface area (Å²) >= 11 is 1.37. The first-order valence-electron chi connectivity index (χ1n) is 13.1. The molecule has 2 amide bonds. The number of nitrogens with zero attached hydrogens (tertiary/aromatic N) is 4. The summed E-state index contributed by atoms with van der Waals surface area (Å²) in [4.78, 5) is 40.7. The Morgan fingerprint density at radius 3 is 2.51 bits per heavy atom. The van der Waals surface area contributed by atoms with Crippen molar-refractivity contribution in [3.8, 4) is 10.6 Å². The van der Waals surface area contributed by atoms with E-state index >= 15 is 0 Å². The normalized spacial score (nSPS) is 19.2. The standard InChI is InChI=1S/C27H37N5O4S/c1-15-22(37-25(28-15)30-26(34)36-27(3,4)5)20-13-18-14-32(16(2)17-7-8-17)24(33)21(18)23(29-20)31-11-9-19(35-6)10-12-31/h13,16-17,19H,7-12,14H2,1-6H3,(H,28,30,34)/t16-/m0/s1. The van der Waals surface area contributed by atoms with Gasteiger partial charge in [0.1, 0.15) is 11.4 Å². The van der Waals surface area contributed by atoms with Crippen LogP contribution in [-0.4, -0.2) is 64.8 Å². The Hall–Kier alpha value is -2.72. The molecule has 4 heterocycles. The fraction of sp³-hybridized carbons (Fsp3) is 0.630. The van der Waals surface area contributed by atoms with Crippen LogP contribution in [0.3, 0.4) is 0 Å². The van der Waals surface area contributed by atoms with Crippen LogP contribution in [0.15, 0.2) is 6.07 Å². The van der Waals surface area contributed by atoms with Crippen LogP contribution < -0.4 is 10.2 Å². The van der Waals surface area contributed by atoms with Gasteiger partial charge in [0.2, 0.25) is 0 Å². The molecule has 37 heavy (non-hydrogen) atoms. The summed E-state index contributed by atoms with van der Waals surface area (Å²) in [6.07, 6.45) is 3.88. The van der Waals surface area contributed by atoms with E-state index in [4.69, 9.17) is 14.5 Å². The highest BCUT2D eigenvalue weighted by Gasteiger charge is 2.41. The Labute approximate surface area is 222 Å². The summed E-state index contributed by atoms with van der Waals surface area (Å²) in [6.45, 7) is 11.7. The highest BCUT2D eigenvalue weighted by molar-refractivity contribution is 7.19. The number of pyridine rings is 1. The van der Waals surface area contributed by atoms with Crippen LogP contribution in [0.4, 0.5) is 15.7 Å². The number of hydrogen-bond acceptors (Lipinski definition) is 8. The average molecular weight is 528 g/mol. The summed E-state index contributed by atoms with van der Waals surface area (Å²) in [6, 6.07) is 2.26. The molecule has 3 aliphatic rings. The van der Waals surface area contributed by atoms with Gasteiger partial charge in [0.15, 0.2) is 5.13 Å². The lowest BCUT2D eigenvalue weighted by Gasteiger charge is -2.33. The zero-order chi connectivity index (χ0) is 26.5. The minimum atomic E-state index is -0.595. The molecule has 0 bridgehead atoms. The minimum Gasteiger partial charge on any atom is -0.444 e. The number of anilines is 2. The molecule has 2 fully saturated rings. The Kier molecular flexibility index (Phi) is 6.91. The Morgan fingerprint density at radius 2 is 1.89 bits per heavy atom. The molecule has 10 heteroatoms. The highest BCUT2D eigenvalue weighted by atomic mass is 32.1. The lowest BCUT2D eigenvalue weighted by atomic mass is 10.0. The molecule has 0 spiro atoms. The van der Waals surface area contributed by atoms with Gasteiger partial charge in [-0.05, 0) is 77.8 Å². The number of fused-ring (bicyclic) bond motifs is 1. The third kappa shape index (κ3) is 5.45. The quantitative estimate of drug-likeness (QED) is 0.549. The Bertz CT molecular complexity index is 1190.